The average Bonchev–Trinajstić information content (AvgIpc) is 2.49. The summed E-state index contributed by atoms with van der Waals surface area (Å²) in [6, 6.07) is 7.69. The van der Waals surface area contributed by atoms with Crippen LogP contribution >= 0.6 is 12.4 Å². The van der Waals surface area contributed by atoms with Crippen LogP contribution in [0.2, 0.25) is 0 Å². The molecule has 1 aliphatic heterocycles. The van der Waals surface area contributed by atoms with E-state index in [0.29, 0.717) is 24.5 Å². The molecule has 1 atom stereocenters. The lowest BCUT2D eigenvalue weighted by Gasteiger charge is -2.23. The van der Waals surface area contributed by atoms with Crippen LogP contribution < -0.4 is 20.1 Å². The molecule has 21 heavy (non-hydrogen) atoms. The van der Waals surface area contributed by atoms with Crippen LogP contribution in [-0.2, 0) is 4.79 Å². The van der Waals surface area contributed by atoms with Crippen molar-refractivity contribution in [2.24, 2.45) is 0 Å². The number of piperidine rings is 1. The smallest absolute Gasteiger partial charge is 0.223 e. The molecule has 1 heterocycles. The molecule has 0 aromatic heterocycles. The van der Waals surface area contributed by atoms with Crippen LogP contribution in [0.4, 0.5) is 0 Å². The van der Waals surface area contributed by atoms with Crippen LogP contribution in [0, 0.1) is 0 Å². The molecule has 118 valence electrons. The highest BCUT2D eigenvalue weighted by atomic mass is 35.5. The summed E-state index contributed by atoms with van der Waals surface area (Å²) in [5.41, 5.74) is 0. The highest BCUT2D eigenvalue weighted by molar-refractivity contribution is 5.85. The fourth-order valence-corrected chi connectivity index (χ4v) is 2.27. The van der Waals surface area contributed by atoms with E-state index in [2.05, 4.69) is 10.6 Å². The van der Waals surface area contributed by atoms with E-state index in [1.165, 1.54) is 0 Å². The van der Waals surface area contributed by atoms with Gasteiger partial charge in [0.2, 0.25) is 5.91 Å². The van der Waals surface area contributed by atoms with Gasteiger partial charge in [0.05, 0.1) is 20.1 Å². The zero-order valence-corrected chi connectivity index (χ0v) is 13.1. The Kier molecular flexibility index (Phi) is 7.93. The number of ether oxygens (including phenoxy) is 2. The summed E-state index contributed by atoms with van der Waals surface area (Å²) < 4.78 is 10.8. The Labute approximate surface area is 131 Å². The SMILES string of the molecule is COc1ccccc1OCCC(=O)N[C@H]1CCCNC1.Cl. The molecule has 0 saturated carbocycles. The molecule has 0 aliphatic carbocycles. The number of hydrogen-bond acceptors (Lipinski definition) is 4. The van der Waals surface area contributed by atoms with Gasteiger partial charge in [-0.15, -0.1) is 12.4 Å². The van der Waals surface area contributed by atoms with E-state index in [0.717, 1.165) is 25.9 Å². The Bertz CT molecular complexity index is 437. The third-order valence-electron chi connectivity index (χ3n) is 3.32. The van der Waals surface area contributed by atoms with Crippen molar-refractivity contribution >= 4 is 18.3 Å². The van der Waals surface area contributed by atoms with Gasteiger partial charge in [0.15, 0.2) is 11.5 Å². The molecule has 1 amide bonds. The molecule has 1 aromatic rings. The standard InChI is InChI=1S/C15H22N2O3.ClH/c1-19-13-6-2-3-7-14(13)20-10-8-15(18)17-12-5-4-9-16-11-12;/h2-3,6-7,12,16H,4-5,8-11H2,1H3,(H,17,18);1H/t12-;/m0./s1. The zero-order chi connectivity index (χ0) is 14.2. The summed E-state index contributed by atoms with van der Waals surface area (Å²) in [5.74, 6) is 1.39. The Morgan fingerprint density at radius 2 is 2.14 bits per heavy atom. The fourth-order valence-electron chi connectivity index (χ4n) is 2.27. The number of para-hydroxylation sites is 2. The van der Waals surface area contributed by atoms with Gasteiger partial charge in [0.25, 0.3) is 0 Å². The highest BCUT2D eigenvalue weighted by Crippen LogP contribution is 2.25. The van der Waals surface area contributed by atoms with E-state index in [1.54, 1.807) is 7.11 Å². The second-order valence-corrected chi connectivity index (χ2v) is 4.86. The van der Waals surface area contributed by atoms with E-state index in [1.807, 2.05) is 24.3 Å². The average molecular weight is 315 g/mol. The Balaban J connectivity index is 0.00000220. The van der Waals surface area contributed by atoms with E-state index >= 15 is 0 Å². The van der Waals surface area contributed by atoms with Crippen LogP contribution in [0.5, 0.6) is 11.5 Å². The second-order valence-electron chi connectivity index (χ2n) is 4.86. The molecule has 5 nitrogen and oxygen atoms in total. The maximum absolute atomic E-state index is 11.8. The van der Waals surface area contributed by atoms with Crippen molar-refractivity contribution in [1.29, 1.82) is 0 Å². The van der Waals surface area contributed by atoms with Crippen molar-refractivity contribution in [1.82, 2.24) is 10.6 Å². The van der Waals surface area contributed by atoms with Crippen LogP contribution in [0.3, 0.4) is 0 Å². The van der Waals surface area contributed by atoms with Gasteiger partial charge < -0.3 is 20.1 Å². The number of nitrogens with one attached hydrogen (secondary N) is 2. The Morgan fingerprint density at radius 1 is 1.38 bits per heavy atom. The summed E-state index contributed by atoms with van der Waals surface area (Å²) in [7, 11) is 1.60. The first-order valence-corrected chi connectivity index (χ1v) is 7.05. The first kappa shape index (κ1) is 17.6. The van der Waals surface area contributed by atoms with E-state index < -0.39 is 0 Å². The van der Waals surface area contributed by atoms with E-state index in [9.17, 15) is 4.79 Å². The zero-order valence-electron chi connectivity index (χ0n) is 12.3. The molecule has 0 unspecified atom stereocenters. The minimum absolute atomic E-state index is 0. The molecule has 1 saturated heterocycles. The number of benzene rings is 1. The fraction of sp³-hybridized carbons (Fsp3) is 0.533. The quantitative estimate of drug-likeness (QED) is 0.840. The minimum atomic E-state index is 0. The topological polar surface area (TPSA) is 59.6 Å². The van der Waals surface area contributed by atoms with Crippen LogP contribution in [-0.4, -0.2) is 38.8 Å². The molecule has 2 N–H and O–H groups in total. The molecule has 1 aromatic carbocycles. The number of hydrogen-bond donors (Lipinski definition) is 2. The summed E-state index contributed by atoms with van der Waals surface area (Å²) in [6.45, 7) is 2.26. The number of halogens is 1. The molecule has 0 bridgehead atoms. The van der Waals surface area contributed by atoms with Crippen molar-refractivity contribution in [2.75, 3.05) is 26.8 Å². The summed E-state index contributed by atoms with van der Waals surface area (Å²) in [6.07, 6.45) is 2.52. The number of amides is 1. The first-order valence-electron chi connectivity index (χ1n) is 7.05. The third-order valence-corrected chi connectivity index (χ3v) is 3.32. The lowest BCUT2D eigenvalue weighted by Crippen LogP contribution is -2.45. The monoisotopic (exact) mass is 314 g/mol. The lowest BCUT2D eigenvalue weighted by molar-refractivity contribution is -0.122. The maximum atomic E-state index is 11.8. The molecule has 1 aliphatic rings. The largest absolute Gasteiger partial charge is 0.493 e. The van der Waals surface area contributed by atoms with E-state index in [-0.39, 0.29) is 24.4 Å². The van der Waals surface area contributed by atoms with Crippen molar-refractivity contribution in [3.8, 4) is 11.5 Å². The highest BCUT2D eigenvalue weighted by Gasteiger charge is 2.15. The van der Waals surface area contributed by atoms with Crippen molar-refractivity contribution < 1.29 is 14.3 Å². The van der Waals surface area contributed by atoms with Gasteiger partial charge >= 0.3 is 0 Å². The number of rotatable bonds is 6. The maximum Gasteiger partial charge on any atom is 0.223 e. The van der Waals surface area contributed by atoms with Crippen LogP contribution in [0.25, 0.3) is 0 Å². The van der Waals surface area contributed by atoms with Gasteiger partial charge in [-0.1, -0.05) is 12.1 Å². The van der Waals surface area contributed by atoms with Gasteiger partial charge in [0, 0.05) is 12.6 Å². The predicted octanol–water partition coefficient (Wildman–Crippen LogP) is 1.75. The minimum Gasteiger partial charge on any atom is -0.493 e. The molecule has 1 fully saturated rings. The number of carbonyl (C=O) groups is 1. The first-order chi connectivity index (χ1) is 9.79. The van der Waals surface area contributed by atoms with Gasteiger partial charge in [0.1, 0.15) is 0 Å². The molecule has 0 radical (unpaired) electrons. The third kappa shape index (κ3) is 5.81. The summed E-state index contributed by atoms with van der Waals surface area (Å²) >= 11 is 0. The van der Waals surface area contributed by atoms with Gasteiger partial charge in [-0.25, -0.2) is 0 Å². The van der Waals surface area contributed by atoms with Crippen molar-refractivity contribution in [3.63, 3.8) is 0 Å². The predicted molar refractivity (Wildman–Crippen MR) is 84.4 cm³/mol. The molecule has 6 heteroatoms. The van der Waals surface area contributed by atoms with Gasteiger partial charge in [-0.3, -0.25) is 4.79 Å². The van der Waals surface area contributed by atoms with Crippen molar-refractivity contribution in [3.05, 3.63) is 24.3 Å². The van der Waals surface area contributed by atoms with E-state index in [4.69, 9.17) is 9.47 Å². The molecular formula is C15H23ClN2O3. The number of methoxy groups -OCH3 is 1. The molecule has 2 rings (SSSR count). The van der Waals surface area contributed by atoms with Crippen molar-refractivity contribution in [2.45, 2.75) is 25.3 Å². The van der Waals surface area contributed by atoms with Crippen LogP contribution in [0.1, 0.15) is 19.3 Å². The molecular weight excluding hydrogens is 292 g/mol. The number of carbonyl (C=O) groups excluding carboxylic acids is 1. The Hall–Kier alpha value is -1.46. The van der Waals surface area contributed by atoms with Crippen LogP contribution in [0.15, 0.2) is 24.3 Å². The Morgan fingerprint density at radius 3 is 2.81 bits per heavy atom. The van der Waals surface area contributed by atoms with Gasteiger partial charge in [-0.05, 0) is 31.5 Å². The summed E-state index contributed by atoms with van der Waals surface area (Å²) in [4.78, 5) is 11.8. The lowest BCUT2D eigenvalue weighted by atomic mass is 10.1. The summed E-state index contributed by atoms with van der Waals surface area (Å²) in [5, 5.41) is 6.30. The normalized spacial score (nSPS) is 17.5. The van der Waals surface area contributed by atoms with Gasteiger partial charge in [-0.2, -0.15) is 0 Å². The molecule has 0 spiro atoms. The second kappa shape index (κ2) is 9.47.